The Kier molecular flexibility index (Phi) is 3.06. The van der Waals surface area contributed by atoms with Crippen LogP contribution in [0.2, 0.25) is 0 Å². The molecule has 2 aromatic rings. The lowest BCUT2D eigenvalue weighted by molar-refractivity contribution is 0.0924. The zero-order valence-electron chi connectivity index (χ0n) is 9.60. The maximum Gasteiger partial charge on any atom is 0.257 e. The first kappa shape index (κ1) is 11.5. The molecule has 6 heteroatoms. The number of nitrogens with one attached hydrogen (secondary N) is 1. The summed E-state index contributed by atoms with van der Waals surface area (Å²) in [6.45, 7) is 3.59. The highest BCUT2D eigenvalue weighted by molar-refractivity contribution is 5.96. The van der Waals surface area contributed by atoms with Crippen LogP contribution in [-0.4, -0.2) is 33.8 Å². The number of carbonyl (C=O) groups excluding carboxylic acids is 1. The number of hydrogen-bond donors (Lipinski definition) is 2. The normalized spacial score (nSPS) is 12.6. The summed E-state index contributed by atoms with van der Waals surface area (Å²) in [5, 5.41) is 16.1. The molecule has 0 unspecified atom stereocenters. The average molecular weight is 235 g/mol. The summed E-state index contributed by atoms with van der Waals surface area (Å²) in [5.41, 5.74) is 1.52. The number of aromatic nitrogens is 2. The Morgan fingerprint density at radius 3 is 3.12 bits per heavy atom. The Bertz CT molecular complexity index is 548. The van der Waals surface area contributed by atoms with Crippen LogP contribution in [0.1, 0.15) is 23.0 Å². The number of hydrogen-bond acceptors (Lipinski definition) is 5. The molecule has 2 rings (SSSR count). The zero-order valence-corrected chi connectivity index (χ0v) is 9.60. The Morgan fingerprint density at radius 2 is 2.41 bits per heavy atom. The van der Waals surface area contributed by atoms with Crippen molar-refractivity contribution in [3.63, 3.8) is 0 Å². The first-order valence-corrected chi connectivity index (χ1v) is 5.26. The van der Waals surface area contributed by atoms with E-state index in [-0.39, 0.29) is 12.5 Å². The molecule has 17 heavy (non-hydrogen) atoms. The van der Waals surface area contributed by atoms with Gasteiger partial charge in [0.2, 0.25) is 0 Å². The lowest BCUT2D eigenvalue weighted by Gasteiger charge is -2.06. The molecule has 0 aliphatic carbocycles. The van der Waals surface area contributed by atoms with Gasteiger partial charge in [0.15, 0.2) is 0 Å². The topological polar surface area (TPSA) is 88.2 Å². The fourth-order valence-electron chi connectivity index (χ4n) is 1.41. The predicted octanol–water partition coefficient (Wildman–Crippen LogP) is 0.642. The van der Waals surface area contributed by atoms with Crippen molar-refractivity contribution in [1.82, 2.24) is 15.5 Å². The monoisotopic (exact) mass is 235 g/mol. The van der Waals surface area contributed by atoms with E-state index in [1.165, 1.54) is 6.20 Å². The first-order valence-electron chi connectivity index (χ1n) is 5.26. The smallest absolute Gasteiger partial charge is 0.257 e. The molecule has 2 heterocycles. The number of amides is 1. The fraction of sp³-hybridized carbons (Fsp3) is 0.364. The van der Waals surface area contributed by atoms with E-state index in [0.717, 1.165) is 5.39 Å². The summed E-state index contributed by atoms with van der Waals surface area (Å²) in [6, 6.07) is 1.67. The molecule has 0 aliphatic heterocycles. The van der Waals surface area contributed by atoms with Crippen LogP contribution in [0.15, 0.2) is 16.8 Å². The number of aliphatic hydroxyl groups excluding tert-OH is 1. The number of aryl methyl sites for hydroxylation is 1. The lowest BCUT2D eigenvalue weighted by atomic mass is 10.2. The minimum absolute atomic E-state index is 0.208. The van der Waals surface area contributed by atoms with E-state index in [1.807, 2.05) is 0 Å². The van der Waals surface area contributed by atoms with Gasteiger partial charge < -0.3 is 14.9 Å². The van der Waals surface area contributed by atoms with Crippen molar-refractivity contribution >= 4 is 17.0 Å². The number of carbonyl (C=O) groups is 1. The molecule has 2 aromatic heterocycles. The van der Waals surface area contributed by atoms with E-state index in [0.29, 0.717) is 17.0 Å². The zero-order chi connectivity index (χ0) is 12.4. The molecule has 0 bridgehead atoms. The van der Waals surface area contributed by atoms with Crippen LogP contribution in [0.4, 0.5) is 0 Å². The van der Waals surface area contributed by atoms with Gasteiger partial charge in [-0.3, -0.25) is 4.79 Å². The summed E-state index contributed by atoms with van der Waals surface area (Å²) in [7, 11) is 0. The SMILES string of the molecule is Cc1noc2ncc(C(=O)NC[C@H](C)O)cc12. The standard InChI is InChI=1S/C11H13N3O3/c1-6(15)4-12-10(16)8-3-9-7(2)14-17-11(9)13-5-8/h3,5-6,15H,4H2,1-2H3,(H,12,16)/t6-/m0/s1. The van der Waals surface area contributed by atoms with Gasteiger partial charge in [-0.25, -0.2) is 4.98 Å². The van der Waals surface area contributed by atoms with Crippen molar-refractivity contribution in [2.75, 3.05) is 6.54 Å². The molecule has 0 fully saturated rings. The predicted molar refractivity (Wildman–Crippen MR) is 60.6 cm³/mol. The molecular weight excluding hydrogens is 222 g/mol. The summed E-state index contributed by atoms with van der Waals surface area (Å²) in [4.78, 5) is 15.7. The maximum atomic E-state index is 11.7. The van der Waals surface area contributed by atoms with E-state index in [9.17, 15) is 4.79 Å². The highest BCUT2D eigenvalue weighted by Gasteiger charge is 2.11. The third kappa shape index (κ3) is 2.42. The minimum atomic E-state index is -0.576. The van der Waals surface area contributed by atoms with Gasteiger partial charge in [0, 0.05) is 12.7 Å². The van der Waals surface area contributed by atoms with Crippen molar-refractivity contribution in [1.29, 1.82) is 0 Å². The molecule has 90 valence electrons. The molecule has 2 N–H and O–H groups in total. The van der Waals surface area contributed by atoms with Gasteiger partial charge >= 0.3 is 0 Å². The summed E-state index contributed by atoms with van der Waals surface area (Å²) < 4.78 is 4.95. The molecule has 6 nitrogen and oxygen atoms in total. The number of pyridine rings is 1. The van der Waals surface area contributed by atoms with Gasteiger partial charge in [0.25, 0.3) is 11.6 Å². The van der Waals surface area contributed by atoms with Crippen LogP contribution in [0, 0.1) is 6.92 Å². The average Bonchev–Trinajstić information content (AvgIpc) is 2.67. The van der Waals surface area contributed by atoms with E-state index in [1.54, 1.807) is 19.9 Å². The second-order valence-electron chi connectivity index (χ2n) is 3.90. The molecule has 0 aromatic carbocycles. The van der Waals surface area contributed by atoms with Crippen molar-refractivity contribution in [2.45, 2.75) is 20.0 Å². The summed E-state index contributed by atoms with van der Waals surface area (Å²) >= 11 is 0. The van der Waals surface area contributed by atoms with Gasteiger partial charge in [-0.15, -0.1) is 0 Å². The van der Waals surface area contributed by atoms with Crippen molar-refractivity contribution in [2.24, 2.45) is 0 Å². The molecule has 0 spiro atoms. The van der Waals surface area contributed by atoms with Gasteiger partial charge in [-0.2, -0.15) is 0 Å². The third-order valence-electron chi connectivity index (χ3n) is 2.33. The van der Waals surface area contributed by atoms with Crippen LogP contribution in [0.3, 0.4) is 0 Å². The van der Waals surface area contributed by atoms with E-state index < -0.39 is 6.10 Å². The first-order chi connectivity index (χ1) is 8.08. The maximum absolute atomic E-state index is 11.7. The molecule has 1 amide bonds. The second kappa shape index (κ2) is 4.50. The van der Waals surface area contributed by atoms with Crippen molar-refractivity contribution in [3.8, 4) is 0 Å². The van der Waals surface area contributed by atoms with Gasteiger partial charge in [-0.05, 0) is 19.9 Å². The van der Waals surface area contributed by atoms with Crippen LogP contribution in [0.5, 0.6) is 0 Å². The van der Waals surface area contributed by atoms with E-state index >= 15 is 0 Å². The molecule has 1 atom stereocenters. The largest absolute Gasteiger partial charge is 0.392 e. The van der Waals surface area contributed by atoms with Gasteiger partial charge in [-0.1, -0.05) is 5.16 Å². The Hall–Kier alpha value is -1.95. The summed E-state index contributed by atoms with van der Waals surface area (Å²) in [6.07, 6.45) is 0.845. The number of nitrogens with zero attached hydrogens (tertiary/aromatic N) is 2. The Morgan fingerprint density at radius 1 is 1.65 bits per heavy atom. The fourth-order valence-corrected chi connectivity index (χ4v) is 1.41. The molecule has 0 saturated heterocycles. The Labute approximate surface area is 97.6 Å². The third-order valence-corrected chi connectivity index (χ3v) is 2.33. The van der Waals surface area contributed by atoms with Crippen molar-refractivity contribution < 1.29 is 14.4 Å². The number of aliphatic hydroxyl groups is 1. The summed E-state index contributed by atoms with van der Waals surface area (Å²) in [5.74, 6) is -0.277. The van der Waals surface area contributed by atoms with Crippen LogP contribution in [-0.2, 0) is 0 Å². The van der Waals surface area contributed by atoms with Crippen molar-refractivity contribution in [3.05, 3.63) is 23.5 Å². The Balaban J connectivity index is 2.23. The number of fused-ring (bicyclic) bond motifs is 1. The number of rotatable bonds is 3. The highest BCUT2D eigenvalue weighted by Crippen LogP contribution is 2.16. The second-order valence-corrected chi connectivity index (χ2v) is 3.90. The van der Waals surface area contributed by atoms with E-state index in [4.69, 9.17) is 9.63 Å². The molecular formula is C11H13N3O3. The molecule has 0 aliphatic rings. The van der Waals surface area contributed by atoms with Crippen LogP contribution < -0.4 is 5.32 Å². The van der Waals surface area contributed by atoms with Crippen LogP contribution in [0.25, 0.3) is 11.1 Å². The lowest BCUT2D eigenvalue weighted by Crippen LogP contribution is -2.30. The van der Waals surface area contributed by atoms with Crippen LogP contribution >= 0.6 is 0 Å². The minimum Gasteiger partial charge on any atom is -0.392 e. The van der Waals surface area contributed by atoms with Gasteiger partial charge in [0.05, 0.1) is 22.7 Å². The van der Waals surface area contributed by atoms with E-state index in [2.05, 4.69) is 15.5 Å². The molecule has 0 radical (unpaired) electrons. The molecule has 0 saturated carbocycles. The highest BCUT2D eigenvalue weighted by atomic mass is 16.5. The van der Waals surface area contributed by atoms with Gasteiger partial charge in [0.1, 0.15) is 0 Å². The quantitative estimate of drug-likeness (QED) is 0.815.